The topological polar surface area (TPSA) is 89.0 Å². The minimum absolute atomic E-state index is 0.287. The predicted molar refractivity (Wildman–Crippen MR) is 123 cm³/mol. The van der Waals surface area contributed by atoms with Gasteiger partial charge in [-0.1, -0.05) is 34.1 Å². The van der Waals surface area contributed by atoms with Crippen molar-refractivity contribution in [2.75, 3.05) is 19.5 Å². The van der Waals surface area contributed by atoms with E-state index in [2.05, 4.69) is 31.8 Å². The van der Waals surface area contributed by atoms with Crippen LogP contribution < -0.4 is 20.2 Å². The molecule has 0 saturated carbocycles. The van der Waals surface area contributed by atoms with Gasteiger partial charge in [0.1, 0.15) is 0 Å². The number of hydrogen-bond donors (Lipinski definition) is 2. The average Bonchev–Trinajstić information content (AvgIpc) is 2.79. The summed E-state index contributed by atoms with van der Waals surface area (Å²) in [6.45, 7) is 0. The molecule has 2 N–H and O–H groups in total. The van der Waals surface area contributed by atoms with E-state index in [9.17, 15) is 9.59 Å². The van der Waals surface area contributed by atoms with Crippen LogP contribution in [0.25, 0.3) is 0 Å². The summed E-state index contributed by atoms with van der Waals surface area (Å²) in [5.74, 6) is 0.370. The van der Waals surface area contributed by atoms with Gasteiger partial charge in [0.05, 0.1) is 31.7 Å². The number of benzene rings is 3. The lowest BCUT2D eigenvalue weighted by Gasteiger charge is -2.10. The molecule has 0 aliphatic carbocycles. The molecule has 0 radical (unpaired) electrons. The van der Waals surface area contributed by atoms with Crippen molar-refractivity contribution in [3.8, 4) is 11.5 Å². The number of amides is 2. The molecule has 3 rings (SSSR count). The SMILES string of the molecule is COc1ccc(/C=N/NC(=O)c2ccccc2NC(=O)c2cccc(Br)c2)cc1OC. The summed E-state index contributed by atoms with van der Waals surface area (Å²) < 4.78 is 11.2. The van der Waals surface area contributed by atoms with Crippen molar-refractivity contribution in [2.45, 2.75) is 0 Å². The number of anilines is 1. The molecule has 0 spiro atoms. The Morgan fingerprint density at radius 2 is 1.68 bits per heavy atom. The van der Waals surface area contributed by atoms with E-state index >= 15 is 0 Å². The van der Waals surface area contributed by atoms with Crippen molar-refractivity contribution >= 4 is 39.6 Å². The summed E-state index contributed by atoms with van der Waals surface area (Å²) in [6.07, 6.45) is 1.49. The zero-order chi connectivity index (χ0) is 22.2. The molecule has 0 unspecified atom stereocenters. The molecule has 0 bridgehead atoms. The van der Waals surface area contributed by atoms with Gasteiger partial charge in [-0.3, -0.25) is 9.59 Å². The fourth-order valence-corrected chi connectivity index (χ4v) is 3.17. The van der Waals surface area contributed by atoms with Gasteiger partial charge in [-0.25, -0.2) is 5.43 Å². The Labute approximate surface area is 188 Å². The highest BCUT2D eigenvalue weighted by molar-refractivity contribution is 9.10. The van der Waals surface area contributed by atoms with E-state index in [1.54, 1.807) is 74.9 Å². The molecule has 2 amide bonds. The Hall–Kier alpha value is -3.65. The summed E-state index contributed by atoms with van der Waals surface area (Å²) >= 11 is 3.34. The molecular formula is C23H20BrN3O4. The zero-order valence-corrected chi connectivity index (χ0v) is 18.5. The number of methoxy groups -OCH3 is 2. The molecular weight excluding hydrogens is 462 g/mol. The van der Waals surface area contributed by atoms with Crippen LogP contribution in [0.3, 0.4) is 0 Å². The van der Waals surface area contributed by atoms with Crippen LogP contribution >= 0.6 is 15.9 Å². The van der Waals surface area contributed by atoms with Crippen LogP contribution in [0.4, 0.5) is 5.69 Å². The fraction of sp³-hybridized carbons (Fsp3) is 0.0870. The van der Waals surface area contributed by atoms with Gasteiger partial charge in [0.25, 0.3) is 11.8 Å². The third-order valence-electron chi connectivity index (χ3n) is 4.29. The maximum Gasteiger partial charge on any atom is 0.273 e. The molecule has 158 valence electrons. The van der Waals surface area contributed by atoms with Gasteiger partial charge in [-0.2, -0.15) is 5.10 Å². The van der Waals surface area contributed by atoms with Gasteiger partial charge in [-0.05, 0) is 54.1 Å². The quantitative estimate of drug-likeness (QED) is 0.384. The third kappa shape index (κ3) is 5.70. The van der Waals surface area contributed by atoms with Crippen LogP contribution in [-0.4, -0.2) is 32.2 Å². The minimum Gasteiger partial charge on any atom is -0.493 e. The highest BCUT2D eigenvalue weighted by atomic mass is 79.9. The number of para-hydroxylation sites is 1. The third-order valence-corrected chi connectivity index (χ3v) is 4.79. The lowest BCUT2D eigenvalue weighted by atomic mass is 10.1. The first kappa shape index (κ1) is 22.0. The van der Waals surface area contributed by atoms with Gasteiger partial charge in [-0.15, -0.1) is 0 Å². The average molecular weight is 482 g/mol. The van der Waals surface area contributed by atoms with Crippen LogP contribution in [0.2, 0.25) is 0 Å². The molecule has 0 aromatic heterocycles. The van der Waals surface area contributed by atoms with Gasteiger partial charge < -0.3 is 14.8 Å². The number of ether oxygens (including phenoxy) is 2. The lowest BCUT2D eigenvalue weighted by Crippen LogP contribution is -2.21. The number of rotatable bonds is 7. The first-order chi connectivity index (χ1) is 15.0. The second kappa shape index (κ2) is 10.4. The molecule has 0 fully saturated rings. The monoisotopic (exact) mass is 481 g/mol. The maximum absolute atomic E-state index is 12.6. The number of halogens is 1. The van der Waals surface area contributed by atoms with Gasteiger partial charge in [0, 0.05) is 10.0 Å². The van der Waals surface area contributed by atoms with Crippen molar-refractivity contribution in [1.82, 2.24) is 5.43 Å². The molecule has 0 atom stereocenters. The molecule has 8 heteroatoms. The van der Waals surface area contributed by atoms with Crippen LogP contribution in [0.15, 0.2) is 76.3 Å². The summed E-state index contributed by atoms with van der Waals surface area (Å²) in [6, 6.07) is 19.0. The molecule has 0 aliphatic heterocycles. The minimum atomic E-state index is -0.457. The standard InChI is InChI=1S/C23H20BrN3O4/c1-30-20-11-10-15(12-21(20)31-2)14-25-27-23(29)18-8-3-4-9-19(18)26-22(28)16-6-5-7-17(24)13-16/h3-14H,1-2H3,(H,26,28)(H,27,29)/b25-14+. The van der Waals surface area contributed by atoms with Crippen LogP contribution in [0.1, 0.15) is 26.3 Å². The molecule has 0 heterocycles. The summed E-state index contributed by atoms with van der Waals surface area (Å²) in [5.41, 5.74) is 4.33. The molecule has 3 aromatic rings. The van der Waals surface area contributed by atoms with Crippen molar-refractivity contribution in [2.24, 2.45) is 5.10 Å². The van der Waals surface area contributed by atoms with Crippen molar-refractivity contribution in [3.05, 3.63) is 87.9 Å². The van der Waals surface area contributed by atoms with Crippen LogP contribution in [0.5, 0.6) is 11.5 Å². The highest BCUT2D eigenvalue weighted by Gasteiger charge is 2.14. The van der Waals surface area contributed by atoms with Crippen molar-refractivity contribution in [3.63, 3.8) is 0 Å². The molecule has 31 heavy (non-hydrogen) atoms. The maximum atomic E-state index is 12.6. The number of carbonyl (C=O) groups excluding carboxylic acids is 2. The summed E-state index contributed by atoms with van der Waals surface area (Å²) in [7, 11) is 3.10. The molecule has 0 saturated heterocycles. The molecule has 0 aliphatic rings. The van der Waals surface area contributed by atoms with E-state index in [1.165, 1.54) is 6.21 Å². The van der Waals surface area contributed by atoms with Crippen LogP contribution in [-0.2, 0) is 0 Å². The van der Waals surface area contributed by atoms with E-state index in [1.807, 2.05) is 6.07 Å². The zero-order valence-electron chi connectivity index (χ0n) is 16.9. The second-order valence-electron chi connectivity index (χ2n) is 6.32. The van der Waals surface area contributed by atoms with E-state index in [0.29, 0.717) is 28.3 Å². The Kier molecular flexibility index (Phi) is 7.40. The Bertz CT molecular complexity index is 1130. The number of hydrogen-bond acceptors (Lipinski definition) is 5. The van der Waals surface area contributed by atoms with Crippen LogP contribution in [0, 0.1) is 0 Å². The van der Waals surface area contributed by atoms with Crippen molar-refractivity contribution < 1.29 is 19.1 Å². The fourth-order valence-electron chi connectivity index (χ4n) is 2.77. The first-order valence-corrected chi connectivity index (χ1v) is 10.0. The number of nitrogens with one attached hydrogen (secondary N) is 2. The molecule has 7 nitrogen and oxygen atoms in total. The first-order valence-electron chi connectivity index (χ1n) is 9.23. The largest absolute Gasteiger partial charge is 0.493 e. The second-order valence-corrected chi connectivity index (χ2v) is 7.24. The van der Waals surface area contributed by atoms with Gasteiger partial charge >= 0.3 is 0 Å². The number of hydrazone groups is 1. The van der Waals surface area contributed by atoms with Crippen molar-refractivity contribution in [1.29, 1.82) is 0 Å². The summed E-state index contributed by atoms with van der Waals surface area (Å²) in [5, 5.41) is 6.77. The smallest absolute Gasteiger partial charge is 0.273 e. The van der Waals surface area contributed by atoms with Gasteiger partial charge in [0.2, 0.25) is 0 Å². The van der Waals surface area contributed by atoms with Gasteiger partial charge in [0.15, 0.2) is 11.5 Å². The lowest BCUT2D eigenvalue weighted by molar-refractivity contribution is 0.0956. The number of carbonyl (C=O) groups is 2. The van der Waals surface area contributed by atoms with E-state index in [4.69, 9.17) is 9.47 Å². The Morgan fingerprint density at radius 3 is 2.42 bits per heavy atom. The number of nitrogens with zero attached hydrogens (tertiary/aromatic N) is 1. The van der Waals surface area contributed by atoms with E-state index < -0.39 is 5.91 Å². The Morgan fingerprint density at radius 1 is 0.903 bits per heavy atom. The van der Waals surface area contributed by atoms with E-state index in [0.717, 1.165) is 4.47 Å². The normalized spacial score (nSPS) is 10.5. The summed E-state index contributed by atoms with van der Waals surface area (Å²) in [4.78, 5) is 25.2. The highest BCUT2D eigenvalue weighted by Crippen LogP contribution is 2.26. The predicted octanol–water partition coefficient (Wildman–Crippen LogP) is 4.48. The van der Waals surface area contributed by atoms with E-state index in [-0.39, 0.29) is 11.5 Å². The Balaban J connectivity index is 1.71. The molecule has 3 aromatic carbocycles.